The van der Waals surface area contributed by atoms with Crippen LogP contribution in [0, 0.1) is 0 Å². The molecule has 0 spiro atoms. The quantitative estimate of drug-likeness (QED) is 0.182. The minimum atomic E-state index is -0.812. The molecule has 1 fully saturated rings. The normalized spacial score (nSPS) is 13.5. The number of carbonyl (C=O) groups excluding carboxylic acids is 2. The van der Waals surface area contributed by atoms with Crippen LogP contribution in [-0.4, -0.2) is 80.3 Å². The van der Waals surface area contributed by atoms with Crippen molar-refractivity contribution in [3.05, 3.63) is 82.4 Å². The van der Waals surface area contributed by atoms with Crippen LogP contribution in [0.2, 0.25) is 5.02 Å². The number of halogens is 1. The van der Waals surface area contributed by atoms with E-state index in [1.807, 2.05) is 55.5 Å². The van der Waals surface area contributed by atoms with Crippen LogP contribution in [0.3, 0.4) is 0 Å². The maximum absolute atomic E-state index is 14.3. The topological polar surface area (TPSA) is 108 Å². The van der Waals surface area contributed by atoms with Gasteiger partial charge >= 0.3 is 6.09 Å². The van der Waals surface area contributed by atoms with Gasteiger partial charge in [0.15, 0.2) is 17.2 Å². The van der Waals surface area contributed by atoms with E-state index >= 15 is 0 Å². The number of ether oxygens (including phenoxy) is 6. The number of nitrogens with zero attached hydrogens (tertiary/aromatic N) is 3. The highest BCUT2D eigenvalue weighted by Gasteiger charge is 2.33. The second-order valence-electron chi connectivity index (χ2n) is 12.0. The highest BCUT2D eigenvalue weighted by Crippen LogP contribution is 2.39. The lowest BCUT2D eigenvalue weighted by atomic mass is 10.1. The lowest BCUT2D eigenvalue weighted by molar-refractivity contribution is -0.123. The second kappa shape index (κ2) is 17.1. The van der Waals surface area contributed by atoms with Gasteiger partial charge in [-0.25, -0.2) is 9.69 Å². The van der Waals surface area contributed by atoms with E-state index < -0.39 is 17.6 Å². The number of rotatable bonds is 13. The number of morpholine rings is 1. The summed E-state index contributed by atoms with van der Waals surface area (Å²) in [5.74, 6) is 1.39. The van der Waals surface area contributed by atoms with E-state index in [4.69, 9.17) is 45.1 Å². The average Bonchev–Trinajstić information content (AvgIpc) is 3.08. The van der Waals surface area contributed by atoms with E-state index in [2.05, 4.69) is 0 Å². The Morgan fingerprint density at radius 3 is 1.96 bits per heavy atom. The van der Waals surface area contributed by atoms with Gasteiger partial charge in [0, 0.05) is 12.1 Å². The van der Waals surface area contributed by atoms with Crippen LogP contribution in [0.25, 0.3) is 0 Å². The van der Waals surface area contributed by atoms with E-state index in [0.717, 1.165) is 21.8 Å². The summed E-state index contributed by atoms with van der Waals surface area (Å²) in [6, 6.07) is 18.3. The van der Waals surface area contributed by atoms with Crippen LogP contribution < -0.4 is 18.9 Å². The van der Waals surface area contributed by atoms with Gasteiger partial charge in [0.05, 0.1) is 45.5 Å². The van der Waals surface area contributed by atoms with Gasteiger partial charge in [0.2, 0.25) is 0 Å². The molecule has 3 aromatic carbocycles. The number of amides is 2. The highest BCUT2D eigenvalue weighted by atomic mass is 35.5. The monoisotopic (exact) mass is 681 g/mol. The van der Waals surface area contributed by atoms with Gasteiger partial charge in [0.25, 0.3) is 5.91 Å². The van der Waals surface area contributed by atoms with E-state index in [9.17, 15) is 9.59 Å². The van der Waals surface area contributed by atoms with Crippen molar-refractivity contribution in [2.45, 2.75) is 52.9 Å². The van der Waals surface area contributed by atoms with Crippen molar-refractivity contribution in [3.63, 3.8) is 0 Å². The summed E-state index contributed by atoms with van der Waals surface area (Å²) in [5.41, 5.74) is 1.19. The molecule has 1 aliphatic heterocycles. The fourth-order valence-corrected chi connectivity index (χ4v) is 4.98. The van der Waals surface area contributed by atoms with Crippen molar-refractivity contribution in [2.75, 3.05) is 47.1 Å². The summed E-state index contributed by atoms with van der Waals surface area (Å²) in [6.07, 6.45) is -0.256. The summed E-state index contributed by atoms with van der Waals surface area (Å²) in [4.78, 5) is 28.6. The number of hydrogen-bond donors (Lipinski definition) is 0. The number of carbonyl (C=O) groups is 2. The Morgan fingerprint density at radius 2 is 1.44 bits per heavy atom. The third kappa shape index (κ3) is 10.0. The molecule has 48 heavy (non-hydrogen) atoms. The molecule has 0 bridgehead atoms. The molecule has 1 heterocycles. The molecular formula is C36H44ClN3O8. The molecule has 12 heteroatoms. The zero-order valence-corrected chi connectivity index (χ0v) is 29.2. The van der Waals surface area contributed by atoms with Crippen molar-refractivity contribution in [1.29, 1.82) is 0 Å². The van der Waals surface area contributed by atoms with Crippen LogP contribution in [0.5, 0.6) is 23.0 Å². The van der Waals surface area contributed by atoms with Crippen molar-refractivity contribution in [1.82, 2.24) is 9.91 Å². The van der Waals surface area contributed by atoms with Gasteiger partial charge in [-0.05, 0) is 74.7 Å². The number of benzene rings is 3. The van der Waals surface area contributed by atoms with E-state index in [1.165, 1.54) is 0 Å². The third-order valence-corrected chi connectivity index (χ3v) is 7.52. The zero-order chi connectivity index (χ0) is 34.7. The molecule has 0 unspecified atom stereocenters. The number of hydrazone groups is 1. The molecule has 258 valence electrons. The Morgan fingerprint density at radius 1 is 0.875 bits per heavy atom. The minimum absolute atomic E-state index is 0.0304. The lowest BCUT2D eigenvalue weighted by Crippen LogP contribution is -2.45. The number of imide groups is 1. The SMILES string of the molecule is CCCN(C(=O)OC(C)(C)C)C(=O)/C(=N\N1CCOCC1)c1ccc(OCc2ccc(OC)cc2)c(OCc2ccc(OC)cc2)c1Cl. The van der Waals surface area contributed by atoms with Gasteiger partial charge in [-0.1, -0.05) is 42.8 Å². The van der Waals surface area contributed by atoms with Crippen molar-refractivity contribution in [3.8, 4) is 23.0 Å². The molecule has 1 saturated heterocycles. The highest BCUT2D eigenvalue weighted by molar-refractivity contribution is 6.50. The van der Waals surface area contributed by atoms with Gasteiger partial charge < -0.3 is 28.4 Å². The molecule has 0 aromatic heterocycles. The smallest absolute Gasteiger partial charge is 0.417 e. The Labute approximate surface area is 287 Å². The Kier molecular flexibility index (Phi) is 12.9. The first-order chi connectivity index (χ1) is 23.0. The van der Waals surface area contributed by atoms with Gasteiger partial charge in [0.1, 0.15) is 30.3 Å². The van der Waals surface area contributed by atoms with E-state index in [1.54, 1.807) is 52.1 Å². The first-order valence-electron chi connectivity index (χ1n) is 15.8. The molecule has 0 atom stereocenters. The fourth-order valence-electron chi connectivity index (χ4n) is 4.68. The molecule has 1 aliphatic rings. The minimum Gasteiger partial charge on any atom is -0.497 e. The summed E-state index contributed by atoms with van der Waals surface area (Å²) >= 11 is 7.12. The van der Waals surface area contributed by atoms with Gasteiger partial charge in [-0.3, -0.25) is 9.80 Å². The molecule has 0 N–H and O–H groups in total. The zero-order valence-electron chi connectivity index (χ0n) is 28.4. The third-order valence-electron chi connectivity index (χ3n) is 7.15. The molecule has 4 rings (SSSR count). The summed E-state index contributed by atoms with van der Waals surface area (Å²) in [7, 11) is 3.21. The Bertz CT molecular complexity index is 1550. The van der Waals surface area contributed by atoms with E-state index in [0.29, 0.717) is 44.2 Å². The van der Waals surface area contributed by atoms with Crippen LogP contribution in [0.4, 0.5) is 4.79 Å². The van der Waals surface area contributed by atoms with Crippen LogP contribution in [-0.2, 0) is 27.5 Å². The average molecular weight is 682 g/mol. The Balaban J connectivity index is 1.76. The largest absolute Gasteiger partial charge is 0.497 e. The second-order valence-corrected chi connectivity index (χ2v) is 12.4. The number of methoxy groups -OCH3 is 2. The predicted molar refractivity (Wildman–Crippen MR) is 183 cm³/mol. The van der Waals surface area contributed by atoms with Crippen molar-refractivity contribution in [2.24, 2.45) is 5.10 Å². The van der Waals surface area contributed by atoms with Gasteiger partial charge in [-0.15, -0.1) is 0 Å². The lowest BCUT2D eigenvalue weighted by Gasteiger charge is -2.28. The van der Waals surface area contributed by atoms with Crippen LogP contribution in [0.15, 0.2) is 65.8 Å². The van der Waals surface area contributed by atoms with Gasteiger partial charge in [-0.2, -0.15) is 5.10 Å². The fraction of sp³-hybridized carbons (Fsp3) is 0.417. The molecule has 2 amide bonds. The Hall–Kier alpha value is -4.48. The molecule has 11 nitrogen and oxygen atoms in total. The molecular weight excluding hydrogens is 638 g/mol. The maximum atomic E-state index is 14.3. The molecule has 0 saturated carbocycles. The molecule has 3 aromatic rings. The van der Waals surface area contributed by atoms with Crippen LogP contribution >= 0.6 is 11.6 Å². The molecule has 0 radical (unpaired) electrons. The first-order valence-corrected chi connectivity index (χ1v) is 16.2. The summed E-state index contributed by atoms with van der Waals surface area (Å²) < 4.78 is 34.2. The summed E-state index contributed by atoms with van der Waals surface area (Å²) in [5, 5.41) is 6.57. The van der Waals surface area contributed by atoms with Crippen molar-refractivity contribution >= 4 is 29.3 Å². The maximum Gasteiger partial charge on any atom is 0.417 e. The van der Waals surface area contributed by atoms with Crippen molar-refractivity contribution < 1.29 is 38.0 Å². The van der Waals surface area contributed by atoms with Crippen LogP contribution in [0.1, 0.15) is 50.8 Å². The van der Waals surface area contributed by atoms with E-state index in [-0.39, 0.29) is 41.8 Å². The standard InChI is InChI=1S/C36H44ClN3O8/c1-7-18-40(35(42)48-36(2,3)4)34(41)32(38-39-19-21-45-22-20-39)29-16-17-30(46-23-25-8-12-27(43-5)13-9-25)33(31(29)37)47-24-26-10-14-28(44-6)15-11-26/h8-17H,7,18-24H2,1-6H3/b38-32-. The molecule has 0 aliphatic carbocycles. The number of hydrogen-bond acceptors (Lipinski definition) is 10. The predicted octanol–water partition coefficient (Wildman–Crippen LogP) is 6.73. The summed E-state index contributed by atoms with van der Waals surface area (Å²) in [6.45, 7) is 9.40. The first kappa shape index (κ1) is 36.4.